The lowest BCUT2D eigenvalue weighted by Gasteiger charge is -2.17. The molecule has 0 spiro atoms. The fraction of sp³-hybridized carbons (Fsp3) is 0.389. The van der Waals surface area contributed by atoms with Crippen molar-refractivity contribution in [2.24, 2.45) is 4.99 Å². The van der Waals surface area contributed by atoms with Crippen molar-refractivity contribution < 1.29 is 4.79 Å². The molecule has 7 nitrogen and oxygen atoms in total. The van der Waals surface area contributed by atoms with Gasteiger partial charge in [0.05, 0.1) is 29.1 Å². The van der Waals surface area contributed by atoms with Crippen LogP contribution >= 0.6 is 0 Å². The Bertz CT molecular complexity index is 916. The van der Waals surface area contributed by atoms with Crippen molar-refractivity contribution in [2.45, 2.75) is 39.3 Å². The van der Waals surface area contributed by atoms with E-state index in [1.807, 2.05) is 39.0 Å². The molecule has 2 aromatic rings. The van der Waals surface area contributed by atoms with Crippen molar-refractivity contribution in [3.8, 4) is 0 Å². The van der Waals surface area contributed by atoms with E-state index in [4.69, 9.17) is 5.73 Å². The fourth-order valence-electron chi connectivity index (χ4n) is 3.27. The number of rotatable bonds is 4. The predicted octanol–water partition coefficient (Wildman–Crippen LogP) is 1.70. The van der Waals surface area contributed by atoms with Gasteiger partial charge in [0.25, 0.3) is 11.5 Å². The summed E-state index contributed by atoms with van der Waals surface area (Å²) in [6.07, 6.45) is 0.783. The SMILES string of the molecule is CCCNC(=O)c1c(N)c2cccc(C3N=C(C)NC3C)c2[nH]c1=O. The number of amides is 1. The number of anilines is 1. The lowest BCUT2D eigenvalue weighted by atomic mass is 9.97. The molecular weight excluding hydrogens is 318 g/mol. The molecule has 0 radical (unpaired) electrons. The molecule has 1 aromatic heterocycles. The van der Waals surface area contributed by atoms with Gasteiger partial charge in [0, 0.05) is 17.5 Å². The van der Waals surface area contributed by atoms with Crippen LogP contribution in [0.1, 0.15) is 49.2 Å². The predicted molar refractivity (Wildman–Crippen MR) is 100 cm³/mol. The Morgan fingerprint density at radius 1 is 1.40 bits per heavy atom. The Morgan fingerprint density at radius 3 is 2.80 bits per heavy atom. The molecule has 0 aliphatic carbocycles. The maximum absolute atomic E-state index is 12.5. The van der Waals surface area contributed by atoms with Crippen LogP contribution in [-0.4, -0.2) is 29.3 Å². The van der Waals surface area contributed by atoms with Crippen LogP contribution in [0, 0.1) is 0 Å². The third-order valence-corrected chi connectivity index (χ3v) is 4.45. The molecule has 0 saturated heterocycles. The zero-order valence-electron chi connectivity index (χ0n) is 14.6. The number of amidine groups is 1. The minimum absolute atomic E-state index is 0.0321. The van der Waals surface area contributed by atoms with Crippen molar-refractivity contribution in [2.75, 3.05) is 12.3 Å². The van der Waals surface area contributed by atoms with Crippen LogP contribution in [0.4, 0.5) is 5.69 Å². The van der Waals surface area contributed by atoms with Gasteiger partial charge in [-0.3, -0.25) is 14.6 Å². The molecule has 2 heterocycles. The van der Waals surface area contributed by atoms with Gasteiger partial charge in [0.1, 0.15) is 5.56 Å². The summed E-state index contributed by atoms with van der Waals surface area (Å²) in [5, 5.41) is 6.64. The van der Waals surface area contributed by atoms with E-state index < -0.39 is 11.5 Å². The molecule has 3 rings (SSSR count). The highest BCUT2D eigenvalue weighted by molar-refractivity contribution is 6.06. The monoisotopic (exact) mass is 341 g/mol. The Kier molecular flexibility index (Phi) is 4.48. The van der Waals surface area contributed by atoms with E-state index >= 15 is 0 Å². The number of para-hydroxylation sites is 1. The second-order valence-corrected chi connectivity index (χ2v) is 6.36. The summed E-state index contributed by atoms with van der Waals surface area (Å²) < 4.78 is 0. The molecular formula is C18H23N5O2. The number of carbonyl (C=O) groups excluding carboxylic acids is 1. The van der Waals surface area contributed by atoms with Gasteiger partial charge >= 0.3 is 0 Å². The van der Waals surface area contributed by atoms with Crippen LogP contribution in [0.3, 0.4) is 0 Å². The highest BCUT2D eigenvalue weighted by atomic mass is 16.2. The molecule has 0 bridgehead atoms. The molecule has 1 amide bonds. The summed E-state index contributed by atoms with van der Waals surface area (Å²) >= 11 is 0. The van der Waals surface area contributed by atoms with Crippen LogP contribution in [0.5, 0.6) is 0 Å². The summed E-state index contributed by atoms with van der Waals surface area (Å²) in [6.45, 7) is 6.39. The molecule has 1 aromatic carbocycles. The smallest absolute Gasteiger partial charge is 0.263 e. The first-order chi connectivity index (χ1) is 11.9. The van der Waals surface area contributed by atoms with Gasteiger partial charge in [-0.05, 0) is 20.3 Å². The van der Waals surface area contributed by atoms with Crippen molar-refractivity contribution in [3.05, 3.63) is 39.7 Å². The standard InChI is InChI=1S/C18H23N5O2/c1-4-8-20-17(24)13-14(19)11-6-5-7-12(16(11)23-18(13)25)15-9(2)21-10(3)22-15/h5-7,9,15H,4,8H2,1-3H3,(H,20,24)(H,21,22)(H3,19,23,25). The Hall–Kier alpha value is -2.83. The second kappa shape index (κ2) is 6.58. The number of nitrogens with zero attached hydrogens (tertiary/aromatic N) is 1. The average Bonchev–Trinajstić information content (AvgIpc) is 2.90. The summed E-state index contributed by atoms with van der Waals surface area (Å²) in [5.41, 5.74) is 7.40. The van der Waals surface area contributed by atoms with Crippen molar-refractivity contribution in [1.82, 2.24) is 15.6 Å². The number of fused-ring (bicyclic) bond motifs is 1. The first-order valence-electron chi connectivity index (χ1n) is 8.47. The number of aromatic nitrogens is 1. The number of pyridine rings is 1. The van der Waals surface area contributed by atoms with E-state index in [1.54, 1.807) is 0 Å². The Morgan fingerprint density at radius 2 is 2.16 bits per heavy atom. The molecule has 0 saturated carbocycles. The summed E-state index contributed by atoms with van der Waals surface area (Å²) in [5.74, 6) is 0.415. The lowest BCUT2D eigenvalue weighted by Crippen LogP contribution is -2.31. The molecule has 5 N–H and O–H groups in total. The van der Waals surface area contributed by atoms with Crippen LogP contribution in [-0.2, 0) is 0 Å². The molecule has 2 atom stereocenters. The maximum Gasteiger partial charge on any atom is 0.263 e. The Balaban J connectivity index is 2.16. The molecule has 1 aliphatic rings. The topological polar surface area (TPSA) is 112 Å². The van der Waals surface area contributed by atoms with Gasteiger partial charge < -0.3 is 21.4 Å². The number of aliphatic imine (C=N–C) groups is 1. The highest BCUT2D eigenvalue weighted by Crippen LogP contribution is 2.32. The molecule has 1 aliphatic heterocycles. The number of H-pyrrole nitrogens is 1. The quantitative estimate of drug-likeness (QED) is 0.678. The second-order valence-electron chi connectivity index (χ2n) is 6.36. The van der Waals surface area contributed by atoms with Crippen LogP contribution in [0.25, 0.3) is 10.9 Å². The molecule has 7 heteroatoms. The van der Waals surface area contributed by atoms with Crippen LogP contribution in [0.2, 0.25) is 0 Å². The van der Waals surface area contributed by atoms with E-state index in [0.29, 0.717) is 17.4 Å². The van der Waals surface area contributed by atoms with Crippen LogP contribution < -0.4 is 21.9 Å². The molecule has 0 fully saturated rings. The number of aromatic amines is 1. The Labute approximate surface area is 145 Å². The summed E-state index contributed by atoms with van der Waals surface area (Å²) in [6, 6.07) is 5.61. The number of nitrogen functional groups attached to an aromatic ring is 1. The van der Waals surface area contributed by atoms with Gasteiger partial charge in [-0.25, -0.2) is 0 Å². The van der Waals surface area contributed by atoms with E-state index in [-0.39, 0.29) is 23.3 Å². The first-order valence-corrected chi connectivity index (χ1v) is 8.47. The van der Waals surface area contributed by atoms with E-state index in [2.05, 4.69) is 20.6 Å². The van der Waals surface area contributed by atoms with Gasteiger partial charge in [-0.15, -0.1) is 0 Å². The number of carbonyl (C=O) groups is 1. The number of nitrogens with two attached hydrogens (primary N) is 1. The summed E-state index contributed by atoms with van der Waals surface area (Å²) in [4.78, 5) is 32.3. The normalized spacial score (nSPS) is 19.6. The average molecular weight is 341 g/mol. The maximum atomic E-state index is 12.5. The summed E-state index contributed by atoms with van der Waals surface area (Å²) in [7, 11) is 0. The van der Waals surface area contributed by atoms with Crippen molar-refractivity contribution >= 4 is 28.3 Å². The molecule has 132 valence electrons. The number of hydrogen-bond acceptors (Lipinski definition) is 5. The lowest BCUT2D eigenvalue weighted by molar-refractivity contribution is 0.0953. The van der Waals surface area contributed by atoms with E-state index in [9.17, 15) is 9.59 Å². The first kappa shape index (κ1) is 17.0. The third kappa shape index (κ3) is 2.97. The van der Waals surface area contributed by atoms with Gasteiger partial charge in [-0.2, -0.15) is 0 Å². The minimum atomic E-state index is -0.481. The van der Waals surface area contributed by atoms with E-state index in [1.165, 1.54) is 0 Å². The minimum Gasteiger partial charge on any atom is -0.397 e. The zero-order valence-corrected chi connectivity index (χ0v) is 14.6. The molecule has 2 unspecified atom stereocenters. The van der Waals surface area contributed by atoms with Gasteiger partial charge in [0.2, 0.25) is 0 Å². The van der Waals surface area contributed by atoms with E-state index in [0.717, 1.165) is 17.8 Å². The number of hydrogen-bond donors (Lipinski definition) is 4. The third-order valence-electron chi connectivity index (χ3n) is 4.45. The van der Waals surface area contributed by atoms with Gasteiger partial charge in [0.15, 0.2) is 0 Å². The van der Waals surface area contributed by atoms with Crippen molar-refractivity contribution in [3.63, 3.8) is 0 Å². The van der Waals surface area contributed by atoms with Crippen molar-refractivity contribution in [1.29, 1.82) is 0 Å². The molecule has 25 heavy (non-hydrogen) atoms. The number of nitrogens with one attached hydrogen (secondary N) is 3. The van der Waals surface area contributed by atoms with Gasteiger partial charge in [-0.1, -0.05) is 25.1 Å². The number of benzene rings is 1. The largest absolute Gasteiger partial charge is 0.397 e. The fourth-order valence-corrected chi connectivity index (χ4v) is 3.27. The zero-order chi connectivity index (χ0) is 18.1. The van der Waals surface area contributed by atoms with Crippen LogP contribution in [0.15, 0.2) is 28.0 Å². The highest BCUT2D eigenvalue weighted by Gasteiger charge is 2.27.